The average Bonchev–Trinajstić information content (AvgIpc) is 2.99. The minimum atomic E-state index is -0.385. The number of thioether (sulfide) groups is 1. The number of hydrogen-bond donors (Lipinski definition) is 0. The highest BCUT2D eigenvalue weighted by atomic mass is 35.5. The number of rotatable bonds is 7. The molecule has 0 unspecified atom stereocenters. The van der Waals surface area contributed by atoms with Crippen molar-refractivity contribution in [3.63, 3.8) is 0 Å². The molecule has 2 aromatic carbocycles. The molecule has 1 aliphatic rings. The fraction of sp³-hybridized carbons (Fsp3) is 0.190. The Labute approximate surface area is 183 Å². The molecule has 0 aromatic heterocycles. The normalized spacial score (nSPS) is 15.1. The molecule has 0 spiro atoms. The molecule has 1 amide bonds. The average molecular weight is 448 g/mol. The number of hydrogen-bond acceptors (Lipinski definition) is 6. The van der Waals surface area contributed by atoms with Gasteiger partial charge in [-0.25, -0.2) is 0 Å². The van der Waals surface area contributed by atoms with Crippen LogP contribution in [0, 0.1) is 0 Å². The van der Waals surface area contributed by atoms with E-state index in [1.54, 1.807) is 6.08 Å². The van der Waals surface area contributed by atoms with Gasteiger partial charge in [-0.05, 0) is 29.8 Å². The largest absolute Gasteiger partial charge is 0.488 e. The smallest absolute Gasteiger partial charge is 0.307 e. The molecule has 29 heavy (non-hydrogen) atoms. The maximum absolute atomic E-state index is 12.7. The third-order valence-corrected chi connectivity index (χ3v) is 5.78. The molecule has 1 saturated heterocycles. The number of amides is 1. The first-order valence-corrected chi connectivity index (χ1v) is 10.4. The summed E-state index contributed by atoms with van der Waals surface area (Å²) in [5.41, 5.74) is 1.76. The van der Waals surface area contributed by atoms with E-state index in [0.29, 0.717) is 26.6 Å². The number of carbonyl (C=O) groups excluding carboxylic acids is 2. The van der Waals surface area contributed by atoms with Gasteiger partial charge in [0.1, 0.15) is 16.7 Å². The molecular formula is C21H18ClNO4S2. The van der Waals surface area contributed by atoms with E-state index in [4.69, 9.17) is 28.6 Å². The fourth-order valence-corrected chi connectivity index (χ4v) is 4.04. The summed E-state index contributed by atoms with van der Waals surface area (Å²) in [6, 6.07) is 14.9. The highest BCUT2D eigenvalue weighted by Crippen LogP contribution is 2.34. The number of esters is 1. The molecule has 0 bridgehead atoms. The molecule has 0 aliphatic carbocycles. The molecule has 8 heteroatoms. The summed E-state index contributed by atoms with van der Waals surface area (Å²) in [7, 11) is 1.31. The van der Waals surface area contributed by atoms with E-state index < -0.39 is 0 Å². The molecule has 0 radical (unpaired) electrons. The van der Waals surface area contributed by atoms with Crippen LogP contribution in [0.5, 0.6) is 5.75 Å². The second-order valence-corrected chi connectivity index (χ2v) is 8.22. The van der Waals surface area contributed by atoms with Gasteiger partial charge in [0.2, 0.25) is 0 Å². The van der Waals surface area contributed by atoms with E-state index in [2.05, 4.69) is 4.74 Å². The Hall–Kier alpha value is -2.35. The summed E-state index contributed by atoms with van der Waals surface area (Å²) >= 11 is 12.4. The first-order valence-electron chi connectivity index (χ1n) is 8.76. The van der Waals surface area contributed by atoms with Crippen LogP contribution < -0.4 is 4.74 Å². The van der Waals surface area contributed by atoms with Gasteiger partial charge >= 0.3 is 5.97 Å². The number of benzene rings is 2. The minimum Gasteiger partial charge on any atom is -0.488 e. The molecule has 1 heterocycles. The Morgan fingerprint density at radius 3 is 2.66 bits per heavy atom. The van der Waals surface area contributed by atoms with Crippen LogP contribution in [-0.4, -0.2) is 34.8 Å². The molecule has 0 N–H and O–H groups in total. The Morgan fingerprint density at radius 1 is 1.21 bits per heavy atom. The maximum atomic E-state index is 12.7. The zero-order valence-electron chi connectivity index (χ0n) is 15.6. The Morgan fingerprint density at radius 2 is 1.93 bits per heavy atom. The molecule has 1 fully saturated rings. The van der Waals surface area contributed by atoms with Crippen molar-refractivity contribution in [2.45, 2.75) is 13.0 Å². The highest BCUT2D eigenvalue weighted by molar-refractivity contribution is 8.26. The van der Waals surface area contributed by atoms with Crippen LogP contribution in [0.4, 0.5) is 0 Å². The standard InChI is InChI=1S/C21H18ClNO4S2/c1-26-19(24)10-11-23-20(25)18(29-21(23)28)12-15-4-2-3-5-17(15)27-13-14-6-8-16(22)9-7-14/h2-9,12H,10-11,13H2,1H3/b18-12+. The van der Waals surface area contributed by atoms with E-state index in [-0.39, 0.29) is 24.8 Å². The second kappa shape index (κ2) is 9.91. The highest BCUT2D eigenvalue weighted by Gasteiger charge is 2.32. The number of nitrogens with zero attached hydrogens (tertiary/aromatic N) is 1. The van der Waals surface area contributed by atoms with Crippen LogP contribution in [-0.2, 0) is 20.9 Å². The van der Waals surface area contributed by atoms with Crippen LogP contribution in [0.2, 0.25) is 5.02 Å². The Kier molecular flexibility index (Phi) is 7.30. The number of methoxy groups -OCH3 is 1. The van der Waals surface area contributed by atoms with Gasteiger partial charge in [0.25, 0.3) is 5.91 Å². The van der Waals surface area contributed by atoms with E-state index in [1.807, 2.05) is 48.5 Å². The third-order valence-electron chi connectivity index (χ3n) is 4.15. The van der Waals surface area contributed by atoms with Crippen molar-refractivity contribution in [1.82, 2.24) is 4.90 Å². The minimum absolute atomic E-state index is 0.0943. The molecule has 2 aromatic rings. The van der Waals surface area contributed by atoms with Gasteiger partial charge in [-0.15, -0.1) is 0 Å². The van der Waals surface area contributed by atoms with Gasteiger partial charge in [-0.1, -0.05) is 65.9 Å². The molecule has 150 valence electrons. The second-order valence-electron chi connectivity index (χ2n) is 6.11. The SMILES string of the molecule is COC(=O)CCN1C(=O)/C(=C\c2ccccc2OCc2ccc(Cl)cc2)SC1=S. The topological polar surface area (TPSA) is 55.8 Å². The van der Waals surface area contributed by atoms with Crippen LogP contribution in [0.25, 0.3) is 6.08 Å². The molecule has 1 aliphatic heterocycles. The summed E-state index contributed by atoms with van der Waals surface area (Å²) in [6.07, 6.45) is 1.85. The number of carbonyl (C=O) groups is 2. The van der Waals surface area contributed by atoms with Crippen molar-refractivity contribution in [2.24, 2.45) is 0 Å². The van der Waals surface area contributed by atoms with Gasteiger partial charge in [-0.2, -0.15) is 0 Å². The summed E-state index contributed by atoms with van der Waals surface area (Å²) in [6.45, 7) is 0.575. The summed E-state index contributed by atoms with van der Waals surface area (Å²) in [4.78, 5) is 26.0. The van der Waals surface area contributed by atoms with Crippen LogP contribution in [0.1, 0.15) is 17.5 Å². The first kappa shape index (κ1) is 21.4. The molecule has 5 nitrogen and oxygen atoms in total. The first-order chi connectivity index (χ1) is 14.0. The monoisotopic (exact) mass is 447 g/mol. The van der Waals surface area contributed by atoms with Crippen molar-refractivity contribution in [3.05, 3.63) is 69.6 Å². The van der Waals surface area contributed by atoms with Crippen LogP contribution >= 0.6 is 35.6 Å². The molecule has 3 rings (SSSR count). The maximum Gasteiger partial charge on any atom is 0.307 e. The Bertz CT molecular complexity index is 959. The fourth-order valence-electron chi connectivity index (χ4n) is 2.61. The van der Waals surface area contributed by atoms with E-state index >= 15 is 0 Å². The van der Waals surface area contributed by atoms with Crippen molar-refractivity contribution >= 4 is 57.9 Å². The van der Waals surface area contributed by atoms with Crippen molar-refractivity contribution < 1.29 is 19.1 Å². The summed E-state index contributed by atoms with van der Waals surface area (Å²) in [5.74, 6) is 0.0441. The summed E-state index contributed by atoms with van der Waals surface area (Å²) in [5, 5.41) is 0.670. The van der Waals surface area contributed by atoms with Crippen LogP contribution in [0.3, 0.4) is 0 Å². The van der Waals surface area contributed by atoms with Gasteiger partial charge in [0.05, 0.1) is 18.4 Å². The van der Waals surface area contributed by atoms with Crippen molar-refractivity contribution in [2.75, 3.05) is 13.7 Å². The van der Waals surface area contributed by atoms with E-state index in [0.717, 1.165) is 11.1 Å². The van der Waals surface area contributed by atoms with E-state index in [9.17, 15) is 9.59 Å². The number of para-hydroxylation sites is 1. The number of halogens is 1. The Balaban J connectivity index is 1.73. The van der Waals surface area contributed by atoms with Gasteiger partial charge in [0.15, 0.2) is 0 Å². The van der Waals surface area contributed by atoms with Gasteiger partial charge in [-0.3, -0.25) is 14.5 Å². The predicted molar refractivity (Wildman–Crippen MR) is 119 cm³/mol. The zero-order valence-corrected chi connectivity index (χ0v) is 18.0. The van der Waals surface area contributed by atoms with E-state index in [1.165, 1.54) is 23.8 Å². The molecule has 0 atom stereocenters. The quantitative estimate of drug-likeness (QED) is 0.349. The van der Waals surface area contributed by atoms with Crippen molar-refractivity contribution in [1.29, 1.82) is 0 Å². The number of thiocarbonyl (C=S) groups is 1. The van der Waals surface area contributed by atoms with Gasteiger partial charge in [0, 0.05) is 17.1 Å². The van der Waals surface area contributed by atoms with Gasteiger partial charge < -0.3 is 9.47 Å². The van der Waals surface area contributed by atoms with Crippen molar-refractivity contribution in [3.8, 4) is 5.75 Å². The third kappa shape index (κ3) is 5.59. The molecular weight excluding hydrogens is 430 g/mol. The lowest BCUT2D eigenvalue weighted by molar-refractivity contribution is -0.140. The zero-order chi connectivity index (χ0) is 20.8. The lowest BCUT2D eigenvalue weighted by Gasteiger charge is -2.13. The molecule has 0 saturated carbocycles. The lowest BCUT2D eigenvalue weighted by atomic mass is 10.1. The predicted octanol–water partition coefficient (Wildman–Crippen LogP) is 4.68. The lowest BCUT2D eigenvalue weighted by Crippen LogP contribution is -2.30. The van der Waals surface area contributed by atoms with Crippen LogP contribution in [0.15, 0.2) is 53.4 Å². The number of ether oxygens (including phenoxy) is 2. The summed E-state index contributed by atoms with van der Waals surface area (Å²) < 4.78 is 11.0.